The lowest BCUT2D eigenvalue weighted by molar-refractivity contribution is -0.136. The quantitative estimate of drug-likeness (QED) is 0.763. The molecule has 0 aliphatic heterocycles. The number of nitrogen functional groups attached to an aromatic ring is 1. The number of alkyl halides is 3. The molecule has 0 unspecified atom stereocenters. The molecule has 0 saturated carbocycles. The highest BCUT2D eigenvalue weighted by Gasteiger charge is 2.36. The minimum atomic E-state index is -4.63. The summed E-state index contributed by atoms with van der Waals surface area (Å²) < 4.78 is 45.7. The highest BCUT2D eigenvalue weighted by atomic mass is 19.4. The van der Waals surface area contributed by atoms with Gasteiger partial charge in [-0.3, -0.25) is 4.79 Å². The normalized spacial score (nSPS) is 12.1. The van der Waals surface area contributed by atoms with Gasteiger partial charge in [0, 0.05) is 17.7 Å². The van der Waals surface area contributed by atoms with E-state index in [9.17, 15) is 18.0 Å². The molecule has 7 nitrogen and oxygen atoms in total. The molecular formula is C16H16F3N5O2. The van der Waals surface area contributed by atoms with Crippen LogP contribution in [-0.2, 0) is 12.6 Å². The number of carbonyl (C=O) groups excluding carboxylic acids is 1. The Morgan fingerprint density at radius 3 is 2.58 bits per heavy atom. The van der Waals surface area contributed by atoms with E-state index in [0.717, 1.165) is 16.3 Å². The van der Waals surface area contributed by atoms with Gasteiger partial charge in [-0.2, -0.15) is 17.9 Å². The molecule has 3 aromatic rings. The molecule has 0 spiro atoms. The van der Waals surface area contributed by atoms with Crippen molar-refractivity contribution in [3.05, 3.63) is 34.3 Å². The second kappa shape index (κ2) is 6.11. The maximum atomic E-state index is 13.3. The molecule has 0 radical (unpaired) electrons. The molecule has 0 aliphatic rings. The number of anilines is 1. The van der Waals surface area contributed by atoms with Crippen LogP contribution in [-0.4, -0.2) is 25.8 Å². The monoisotopic (exact) mass is 367 g/mol. The topological polar surface area (TPSA) is 99.8 Å². The molecule has 26 heavy (non-hydrogen) atoms. The fraction of sp³-hybridized carbons (Fsp3) is 0.375. The van der Waals surface area contributed by atoms with Crippen LogP contribution in [0.25, 0.3) is 11.0 Å². The van der Waals surface area contributed by atoms with E-state index in [-0.39, 0.29) is 29.0 Å². The first-order chi connectivity index (χ1) is 12.1. The summed E-state index contributed by atoms with van der Waals surface area (Å²) in [5.74, 6) is -0.308. The van der Waals surface area contributed by atoms with Gasteiger partial charge in [0.15, 0.2) is 11.5 Å². The van der Waals surface area contributed by atoms with Gasteiger partial charge in [0.05, 0.1) is 16.6 Å². The maximum Gasteiger partial charge on any atom is 0.417 e. The third-order valence-corrected chi connectivity index (χ3v) is 4.10. The number of carbonyl (C=O) groups is 1. The summed E-state index contributed by atoms with van der Waals surface area (Å²) in [6, 6.07) is 0.888. The standard InChI is InChI=1S/C16H16F3N5O2/c1-7-6-11(16(17,18)19)13-14(20)22-24(15(13)21-7)12(25)5-4-10-8(2)23-26-9(10)3/h6H,4-5H2,1-3H3,(H2,20,22). The Hall–Kier alpha value is -2.91. The molecule has 3 aromatic heterocycles. The second-order valence-electron chi connectivity index (χ2n) is 6.00. The van der Waals surface area contributed by atoms with E-state index >= 15 is 0 Å². The fourth-order valence-electron chi connectivity index (χ4n) is 2.86. The van der Waals surface area contributed by atoms with Gasteiger partial charge >= 0.3 is 6.18 Å². The Morgan fingerprint density at radius 1 is 1.31 bits per heavy atom. The van der Waals surface area contributed by atoms with E-state index in [1.807, 2.05) is 0 Å². The number of hydrogen-bond acceptors (Lipinski definition) is 6. The van der Waals surface area contributed by atoms with E-state index in [1.54, 1.807) is 13.8 Å². The molecule has 138 valence electrons. The van der Waals surface area contributed by atoms with Gasteiger partial charge in [-0.1, -0.05) is 5.16 Å². The summed E-state index contributed by atoms with van der Waals surface area (Å²) in [6.45, 7) is 4.89. The highest BCUT2D eigenvalue weighted by Crippen LogP contribution is 2.37. The van der Waals surface area contributed by atoms with Crippen molar-refractivity contribution in [2.75, 3.05) is 5.73 Å². The van der Waals surface area contributed by atoms with Crippen LogP contribution in [0.15, 0.2) is 10.6 Å². The first kappa shape index (κ1) is 17.9. The van der Waals surface area contributed by atoms with Crippen molar-refractivity contribution >= 4 is 22.8 Å². The first-order valence-corrected chi connectivity index (χ1v) is 7.77. The third kappa shape index (κ3) is 3.02. The lowest BCUT2D eigenvalue weighted by Gasteiger charge is -2.09. The number of rotatable bonds is 3. The lowest BCUT2D eigenvalue weighted by Crippen LogP contribution is -2.15. The summed E-state index contributed by atoms with van der Waals surface area (Å²) in [5.41, 5.74) is 6.06. The molecule has 2 N–H and O–H groups in total. The zero-order valence-electron chi connectivity index (χ0n) is 14.3. The summed E-state index contributed by atoms with van der Waals surface area (Å²) in [5, 5.41) is 7.23. The maximum absolute atomic E-state index is 13.3. The van der Waals surface area contributed by atoms with Gasteiger partial charge < -0.3 is 10.3 Å². The Kier molecular flexibility index (Phi) is 4.21. The molecule has 3 rings (SSSR count). The van der Waals surface area contributed by atoms with Gasteiger partial charge in [-0.25, -0.2) is 4.98 Å². The summed E-state index contributed by atoms with van der Waals surface area (Å²) in [7, 11) is 0. The fourth-order valence-corrected chi connectivity index (χ4v) is 2.86. The van der Waals surface area contributed by atoms with E-state index in [0.29, 0.717) is 17.9 Å². The van der Waals surface area contributed by atoms with Gasteiger partial charge in [0.1, 0.15) is 5.76 Å². The van der Waals surface area contributed by atoms with Crippen LogP contribution in [0.5, 0.6) is 0 Å². The SMILES string of the molecule is Cc1cc(C(F)(F)F)c2c(N)nn(C(=O)CCc3c(C)noc3C)c2n1. The van der Waals surface area contributed by atoms with Crippen LogP contribution in [0.1, 0.15) is 39.5 Å². The molecule has 0 atom stereocenters. The van der Waals surface area contributed by atoms with Crippen molar-refractivity contribution in [2.24, 2.45) is 0 Å². The average Bonchev–Trinajstić information content (AvgIpc) is 3.04. The van der Waals surface area contributed by atoms with Crippen molar-refractivity contribution in [3.8, 4) is 0 Å². The van der Waals surface area contributed by atoms with Gasteiger partial charge in [0.2, 0.25) is 5.91 Å². The van der Waals surface area contributed by atoms with Crippen LogP contribution in [0.4, 0.5) is 19.0 Å². The van der Waals surface area contributed by atoms with Crippen molar-refractivity contribution in [1.29, 1.82) is 0 Å². The Bertz CT molecular complexity index is 984. The minimum absolute atomic E-state index is 0.00388. The van der Waals surface area contributed by atoms with Gasteiger partial charge in [0.25, 0.3) is 0 Å². The van der Waals surface area contributed by atoms with Crippen molar-refractivity contribution in [3.63, 3.8) is 0 Å². The van der Waals surface area contributed by atoms with Crippen LogP contribution in [0.2, 0.25) is 0 Å². The molecule has 3 heterocycles. The number of aromatic nitrogens is 4. The number of nitrogens with two attached hydrogens (primary N) is 1. The van der Waals surface area contributed by atoms with E-state index in [2.05, 4.69) is 15.2 Å². The van der Waals surface area contributed by atoms with Gasteiger partial charge in [-0.15, -0.1) is 5.10 Å². The third-order valence-electron chi connectivity index (χ3n) is 4.10. The average molecular weight is 367 g/mol. The largest absolute Gasteiger partial charge is 0.417 e. The Balaban J connectivity index is 2.00. The number of hydrogen-bond donors (Lipinski definition) is 1. The summed E-state index contributed by atoms with van der Waals surface area (Å²) in [6.07, 6.45) is -4.32. The number of halogens is 3. The van der Waals surface area contributed by atoms with Gasteiger partial charge in [-0.05, 0) is 33.3 Å². The van der Waals surface area contributed by atoms with Crippen molar-refractivity contribution in [1.82, 2.24) is 19.9 Å². The zero-order chi connectivity index (χ0) is 19.2. The second-order valence-corrected chi connectivity index (χ2v) is 6.00. The van der Waals surface area contributed by atoms with Crippen molar-refractivity contribution < 1.29 is 22.5 Å². The van der Waals surface area contributed by atoms with Crippen LogP contribution >= 0.6 is 0 Å². The predicted octanol–water partition coefficient (Wildman–Crippen LogP) is 3.22. The van der Waals surface area contributed by atoms with Crippen LogP contribution in [0, 0.1) is 20.8 Å². The number of pyridine rings is 1. The summed E-state index contributed by atoms with van der Waals surface area (Å²) in [4.78, 5) is 16.6. The molecule has 0 fully saturated rings. The zero-order valence-corrected chi connectivity index (χ0v) is 14.3. The van der Waals surface area contributed by atoms with Crippen molar-refractivity contribution in [2.45, 2.75) is 39.8 Å². The molecule has 0 aromatic carbocycles. The number of fused-ring (bicyclic) bond motifs is 1. The first-order valence-electron chi connectivity index (χ1n) is 7.77. The number of aryl methyl sites for hydroxylation is 3. The smallest absolute Gasteiger partial charge is 0.382 e. The lowest BCUT2D eigenvalue weighted by atomic mass is 10.1. The predicted molar refractivity (Wildman–Crippen MR) is 86.6 cm³/mol. The molecule has 0 bridgehead atoms. The highest BCUT2D eigenvalue weighted by molar-refractivity contribution is 5.96. The molecular weight excluding hydrogens is 351 g/mol. The molecule has 0 saturated heterocycles. The minimum Gasteiger partial charge on any atom is -0.382 e. The van der Waals surface area contributed by atoms with Crippen LogP contribution in [0.3, 0.4) is 0 Å². The van der Waals surface area contributed by atoms with E-state index in [1.165, 1.54) is 6.92 Å². The Labute approximate surface area is 146 Å². The summed E-state index contributed by atoms with van der Waals surface area (Å²) >= 11 is 0. The number of nitrogens with zero attached hydrogens (tertiary/aromatic N) is 4. The van der Waals surface area contributed by atoms with Crippen LogP contribution < -0.4 is 5.73 Å². The van der Waals surface area contributed by atoms with E-state index in [4.69, 9.17) is 10.3 Å². The molecule has 10 heteroatoms. The van der Waals surface area contributed by atoms with E-state index < -0.39 is 17.6 Å². The molecule has 0 aliphatic carbocycles. The Morgan fingerprint density at radius 2 is 2.00 bits per heavy atom. The molecule has 0 amide bonds.